The van der Waals surface area contributed by atoms with Gasteiger partial charge in [0.25, 0.3) is 5.56 Å². The van der Waals surface area contributed by atoms with E-state index in [0.29, 0.717) is 5.41 Å². The highest BCUT2D eigenvalue weighted by molar-refractivity contribution is 9.09. The van der Waals surface area contributed by atoms with Crippen molar-refractivity contribution in [2.45, 2.75) is 19.4 Å². The molecule has 2 aromatic heterocycles. The number of fused-ring (bicyclic) bond motifs is 1. The smallest absolute Gasteiger partial charge is 0.271 e. The first-order valence-electron chi connectivity index (χ1n) is 5.23. The van der Waals surface area contributed by atoms with E-state index in [2.05, 4.69) is 20.9 Å². The normalized spacial score (nSPS) is 17.8. The third-order valence-corrected chi connectivity index (χ3v) is 5.26. The molecule has 84 valence electrons. The molecule has 0 unspecified atom stereocenters. The van der Waals surface area contributed by atoms with Crippen molar-refractivity contribution in [2.24, 2.45) is 5.41 Å². The molecule has 0 saturated heterocycles. The summed E-state index contributed by atoms with van der Waals surface area (Å²) in [5, 5.41) is 2.88. The summed E-state index contributed by atoms with van der Waals surface area (Å²) in [6.07, 6.45) is 4.08. The van der Waals surface area contributed by atoms with Gasteiger partial charge in [0.1, 0.15) is 4.70 Å². The molecule has 3 nitrogen and oxygen atoms in total. The number of rotatable bonds is 3. The third-order valence-electron chi connectivity index (χ3n) is 3.18. The van der Waals surface area contributed by atoms with Crippen LogP contribution >= 0.6 is 27.3 Å². The molecule has 0 bridgehead atoms. The number of aromatic nitrogens is 2. The van der Waals surface area contributed by atoms with Crippen molar-refractivity contribution in [3.05, 3.63) is 28.1 Å². The van der Waals surface area contributed by atoms with E-state index in [1.54, 1.807) is 10.9 Å². The van der Waals surface area contributed by atoms with E-state index in [-0.39, 0.29) is 5.56 Å². The highest BCUT2D eigenvalue weighted by atomic mass is 79.9. The molecule has 1 saturated carbocycles. The van der Waals surface area contributed by atoms with E-state index in [0.717, 1.165) is 22.1 Å². The Morgan fingerprint density at radius 3 is 3.06 bits per heavy atom. The van der Waals surface area contributed by atoms with Gasteiger partial charge in [-0.05, 0) is 29.7 Å². The molecule has 0 N–H and O–H groups in total. The van der Waals surface area contributed by atoms with E-state index in [1.165, 1.54) is 24.2 Å². The Morgan fingerprint density at radius 2 is 2.38 bits per heavy atom. The van der Waals surface area contributed by atoms with Crippen LogP contribution in [0.3, 0.4) is 0 Å². The summed E-state index contributed by atoms with van der Waals surface area (Å²) in [7, 11) is 0. The highest BCUT2D eigenvalue weighted by Crippen LogP contribution is 2.48. The predicted molar refractivity (Wildman–Crippen MR) is 69.3 cm³/mol. The number of thiophene rings is 1. The molecule has 0 radical (unpaired) electrons. The summed E-state index contributed by atoms with van der Waals surface area (Å²) in [5.41, 5.74) is 1.22. The predicted octanol–water partition coefficient (Wildman–Crippen LogP) is 2.63. The maximum absolute atomic E-state index is 12.1. The second-order valence-electron chi connectivity index (χ2n) is 4.45. The van der Waals surface area contributed by atoms with Gasteiger partial charge in [-0.15, -0.1) is 11.3 Å². The summed E-state index contributed by atoms with van der Waals surface area (Å²) >= 11 is 5.00. The van der Waals surface area contributed by atoms with Gasteiger partial charge in [0.2, 0.25) is 0 Å². The van der Waals surface area contributed by atoms with Crippen LogP contribution in [0.5, 0.6) is 0 Å². The lowest BCUT2D eigenvalue weighted by atomic mass is 10.1. The first-order valence-corrected chi connectivity index (χ1v) is 7.23. The molecule has 2 aromatic rings. The van der Waals surface area contributed by atoms with Crippen LogP contribution < -0.4 is 5.56 Å². The van der Waals surface area contributed by atoms with E-state index in [4.69, 9.17) is 0 Å². The van der Waals surface area contributed by atoms with Crippen molar-refractivity contribution >= 4 is 37.5 Å². The van der Waals surface area contributed by atoms with Gasteiger partial charge in [0, 0.05) is 11.9 Å². The van der Waals surface area contributed by atoms with Crippen molar-refractivity contribution in [3.8, 4) is 0 Å². The van der Waals surface area contributed by atoms with Gasteiger partial charge in [-0.25, -0.2) is 4.98 Å². The SMILES string of the molecule is O=c1c2sccc2ncn1CC1(CBr)CC1. The molecular weight excluding hydrogens is 288 g/mol. The Morgan fingerprint density at radius 1 is 1.56 bits per heavy atom. The van der Waals surface area contributed by atoms with Gasteiger partial charge in [0.05, 0.1) is 11.8 Å². The van der Waals surface area contributed by atoms with Crippen LogP contribution in [0.4, 0.5) is 0 Å². The van der Waals surface area contributed by atoms with Gasteiger partial charge in [0.15, 0.2) is 0 Å². The van der Waals surface area contributed by atoms with E-state index in [9.17, 15) is 4.79 Å². The molecule has 0 aliphatic heterocycles. The van der Waals surface area contributed by atoms with Crippen LogP contribution in [0.1, 0.15) is 12.8 Å². The fourth-order valence-electron chi connectivity index (χ4n) is 1.86. The number of alkyl halides is 1. The van der Waals surface area contributed by atoms with Crippen LogP contribution in [-0.2, 0) is 6.54 Å². The number of hydrogen-bond acceptors (Lipinski definition) is 3. The van der Waals surface area contributed by atoms with Crippen molar-refractivity contribution in [2.75, 3.05) is 5.33 Å². The number of hydrogen-bond donors (Lipinski definition) is 0. The van der Waals surface area contributed by atoms with Crippen molar-refractivity contribution in [1.82, 2.24) is 9.55 Å². The maximum Gasteiger partial charge on any atom is 0.271 e. The van der Waals surface area contributed by atoms with E-state index in [1.807, 2.05) is 11.4 Å². The molecule has 2 heterocycles. The van der Waals surface area contributed by atoms with Crippen LogP contribution in [0.15, 0.2) is 22.6 Å². The first-order chi connectivity index (χ1) is 7.74. The lowest BCUT2D eigenvalue weighted by molar-refractivity contribution is 0.464. The molecular formula is C11H11BrN2OS. The van der Waals surface area contributed by atoms with Crippen LogP contribution in [0, 0.1) is 5.41 Å². The maximum atomic E-state index is 12.1. The molecule has 0 aromatic carbocycles. The summed E-state index contributed by atoms with van der Waals surface area (Å²) < 4.78 is 2.53. The summed E-state index contributed by atoms with van der Waals surface area (Å²) in [4.78, 5) is 16.4. The zero-order valence-electron chi connectivity index (χ0n) is 8.65. The van der Waals surface area contributed by atoms with E-state index < -0.39 is 0 Å². The molecule has 5 heteroatoms. The minimum atomic E-state index is 0.104. The molecule has 1 aliphatic rings. The summed E-state index contributed by atoms with van der Waals surface area (Å²) in [6, 6.07) is 1.89. The monoisotopic (exact) mass is 298 g/mol. The molecule has 1 fully saturated rings. The Bertz CT molecular complexity index is 585. The highest BCUT2D eigenvalue weighted by Gasteiger charge is 2.42. The molecule has 0 amide bonds. The average molecular weight is 299 g/mol. The second kappa shape index (κ2) is 3.67. The van der Waals surface area contributed by atoms with Crippen LogP contribution in [0.2, 0.25) is 0 Å². The zero-order chi connectivity index (χ0) is 11.2. The van der Waals surface area contributed by atoms with Gasteiger partial charge in [-0.2, -0.15) is 0 Å². The molecule has 16 heavy (non-hydrogen) atoms. The lowest BCUT2D eigenvalue weighted by Crippen LogP contribution is -2.25. The lowest BCUT2D eigenvalue weighted by Gasteiger charge is -2.12. The molecule has 0 spiro atoms. The van der Waals surface area contributed by atoms with Gasteiger partial charge in [-0.3, -0.25) is 9.36 Å². The largest absolute Gasteiger partial charge is 0.297 e. The van der Waals surface area contributed by atoms with Crippen molar-refractivity contribution in [1.29, 1.82) is 0 Å². The molecule has 3 rings (SSSR count). The van der Waals surface area contributed by atoms with Gasteiger partial charge in [-0.1, -0.05) is 15.9 Å². The minimum absolute atomic E-state index is 0.104. The minimum Gasteiger partial charge on any atom is -0.297 e. The average Bonchev–Trinajstić information content (AvgIpc) is 2.90. The number of halogens is 1. The van der Waals surface area contributed by atoms with Crippen LogP contribution in [0.25, 0.3) is 10.2 Å². The van der Waals surface area contributed by atoms with Gasteiger partial charge >= 0.3 is 0 Å². The zero-order valence-corrected chi connectivity index (χ0v) is 11.1. The molecule has 0 atom stereocenters. The Hall–Kier alpha value is -0.680. The molecule has 1 aliphatic carbocycles. The summed E-state index contributed by atoms with van der Waals surface area (Å²) in [6.45, 7) is 0.790. The van der Waals surface area contributed by atoms with Crippen molar-refractivity contribution in [3.63, 3.8) is 0 Å². The van der Waals surface area contributed by atoms with Crippen LogP contribution in [-0.4, -0.2) is 14.9 Å². The topological polar surface area (TPSA) is 34.9 Å². The third kappa shape index (κ3) is 1.62. The quantitative estimate of drug-likeness (QED) is 0.817. The standard InChI is InChI=1S/C11H11BrN2OS/c12-5-11(2-3-11)6-14-7-13-8-1-4-16-9(8)10(14)15/h1,4,7H,2-3,5-6H2. The van der Waals surface area contributed by atoms with E-state index >= 15 is 0 Å². The Kier molecular flexibility index (Phi) is 2.40. The fourth-order valence-corrected chi connectivity index (χ4v) is 3.39. The number of nitrogens with zero attached hydrogens (tertiary/aromatic N) is 2. The second-order valence-corrected chi connectivity index (χ2v) is 5.92. The van der Waals surface area contributed by atoms with Crippen molar-refractivity contribution < 1.29 is 0 Å². The first kappa shape index (κ1) is 10.5. The Labute approximate surface area is 105 Å². The Balaban J connectivity index is 2.04. The summed E-state index contributed by atoms with van der Waals surface area (Å²) in [5.74, 6) is 0. The van der Waals surface area contributed by atoms with Gasteiger partial charge < -0.3 is 0 Å². The fraction of sp³-hybridized carbons (Fsp3) is 0.455.